The van der Waals surface area contributed by atoms with E-state index in [1.165, 1.54) is 5.56 Å². The molecule has 1 amide bonds. The fourth-order valence-corrected chi connectivity index (χ4v) is 2.75. The highest BCUT2D eigenvalue weighted by molar-refractivity contribution is 5.78. The van der Waals surface area contributed by atoms with Gasteiger partial charge in [-0.3, -0.25) is 9.69 Å². The molecular formula is C17H23N5O2. The van der Waals surface area contributed by atoms with Gasteiger partial charge in [0.2, 0.25) is 5.91 Å². The Morgan fingerprint density at radius 1 is 1.38 bits per heavy atom. The van der Waals surface area contributed by atoms with Crippen molar-refractivity contribution < 1.29 is 9.53 Å². The molecule has 0 aliphatic carbocycles. The van der Waals surface area contributed by atoms with E-state index in [2.05, 4.69) is 32.5 Å². The van der Waals surface area contributed by atoms with E-state index in [0.717, 1.165) is 17.9 Å². The van der Waals surface area contributed by atoms with Crippen LogP contribution in [0.1, 0.15) is 23.1 Å². The van der Waals surface area contributed by atoms with Gasteiger partial charge in [0.05, 0.1) is 13.2 Å². The lowest BCUT2D eigenvalue weighted by molar-refractivity contribution is -0.124. The minimum absolute atomic E-state index is 0.0224. The lowest BCUT2D eigenvalue weighted by atomic mass is 10.1. The molecule has 2 aromatic rings. The Morgan fingerprint density at radius 2 is 2.17 bits per heavy atom. The lowest BCUT2D eigenvalue weighted by Crippen LogP contribution is -2.44. The van der Waals surface area contributed by atoms with E-state index >= 15 is 0 Å². The van der Waals surface area contributed by atoms with Crippen molar-refractivity contribution in [1.29, 1.82) is 0 Å². The van der Waals surface area contributed by atoms with Crippen LogP contribution in [0, 0.1) is 6.92 Å². The van der Waals surface area contributed by atoms with Crippen molar-refractivity contribution in [1.82, 2.24) is 25.0 Å². The summed E-state index contributed by atoms with van der Waals surface area (Å²) >= 11 is 0. The summed E-state index contributed by atoms with van der Waals surface area (Å²) in [7, 11) is 1.89. The zero-order valence-corrected chi connectivity index (χ0v) is 14.1. The Labute approximate surface area is 141 Å². The smallest absolute Gasteiger partial charge is 0.234 e. The van der Waals surface area contributed by atoms with Crippen LogP contribution in [0.4, 0.5) is 0 Å². The van der Waals surface area contributed by atoms with Crippen molar-refractivity contribution in [2.45, 2.75) is 19.6 Å². The summed E-state index contributed by atoms with van der Waals surface area (Å²) in [4.78, 5) is 14.3. The average molecular weight is 329 g/mol. The molecule has 1 aliphatic heterocycles. The number of aryl methyl sites for hydroxylation is 2. The largest absolute Gasteiger partial charge is 0.368 e. The Kier molecular flexibility index (Phi) is 5.22. The predicted octanol–water partition coefficient (Wildman–Crippen LogP) is 0.813. The van der Waals surface area contributed by atoms with Gasteiger partial charge in [-0.2, -0.15) is 0 Å². The summed E-state index contributed by atoms with van der Waals surface area (Å²) in [5.41, 5.74) is 2.32. The molecule has 0 radical (unpaired) electrons. The SMILES string of the molecule is Cc1ccc(CNC(=O)CN2CCO[C@@H](c3nncn3C)C2)cc1. The summed E-state index contributed by atoms with van der Waals surface area (Å²) in [6.45, 7) is 4.94. The van der Waals surface area contributed by atoms with Crippen LogP contribution in [0.3, 0.4) is 0 Å². The first kappa shape index (κ1) is 16.6. The van der Waals surface area contributed by atoms with E-state index in [9.17, 15) is 4.79 Å². The van der Waals surface area contributed by atoms with Crippen LogP contribution in [0.15, 0.2) is 30.6 Å². The summed E-state index contributed by atoms with van der Waals surface area (Å²) in [5.74, 6) is 0.814. The van der Waals surface area contributed by atoms with E-state index in [4.69, 9.17) is 4.74 Å². The number of carbonyl (C=O) groups is 1. The third kappa shape index (κ3) is 4.18. The first-order chi connectivity index (χ1) is 11.6. The van der Waals surface area contributed by atoms with Crippen LogP contribution >= 0.6 is 0 Å². The molecule has 0 spiro atoms. The number of carbonyl (C=O) groups excluding carboxylic acids is 1. The summed E-state index contributed by atoms with van der Waals surface area (Å²) < 4.78 is 7.61. The van der Waals surface area contributed by atoms with E-state index in [1.54, 1.807) is 6.33 Å². The number of nitrogens with zero attached hydrogens (tertiary/aromatic N) is 4. The molecule has 0 bridgehead atoms. The van der Waals surface area contributed by atoms with E-state index < -0.39 is 0 Å². The van der Waals surface area contributed by atoms with Gasteiger partial charge >= 0.3 is 0 Å². The van der Waals surface area contributed by atoms with Crippen LogP contribution in [0.2, 0.25) is 0 Å². The molecule has 0 saturated carbocycles. The topological polar surface area (TPSA) is 72.3 Å². The normalized spacial score (nSPS) is 18.5. The molecule has 7 nitrogen and oxygen atoms in total. The van der Waals surface area contributed by atoms with Gasteiger partial charge < -0.3 is 14.6 Å². The number of ether oxygens (including phenoxy) is 1. The second-order valence-electron chi connectivity index (χ2n) is 6.16. The molecule has 7 heteroatoms. The van der Waals surface area contributed by atoms with E-state index in [0.29, 0.717) is 26.2 Å². The van der Waals surface area contributed by atoms with Gasteiger partial charge in [-0.05, 0) is 12.5 Å². The average Bonchev–Trinajstić information content (AvgIpc) is 3.01. The van der Waals surface area contributed by atoms with Crippen LogP contribution in [-0.2, 0) is 23.1 Å². The van der Waals surface area contributed by atoms with Crippen molar-refractivity contribution >= 4 is 5.91 Å². The van der Waals surface area contributed by atoms with E-state index in [-0.39, 0.29) is 12.0 Å². The molecular weight excluding hydrogens is 306 g/mol. The highest BCUT2D eigenvalue weighted by Crippen LogP contribution is 2.19. The highest BCUT2D eigenvalue weighted by Gasteiger charge is 2.26. The Hall–Kier alpha value is -2.25. The number of benzene rings is 1. The molecule has 2 heterocycles. The molecule has 1 aromatic heterocycles. The number of aromatic nitrogens is 3. The third-order valence-corrected chi connectivity index (χ3v) is 4.16. The maximum absolute atomic E-state index is 12.2. The van der Waals surface area contributed by atoms with Gasteiger partial charge in [-0.1, -0.05) is 29.8 Å². The second kappa shape index (κ2) is 7.55. The molecule has 1 aromatic carbocycles. The maximum Gasteiger partial charge on any atom is 0.234 e. The zero-order valence-electron chi connectivity index (χ0n) is 14.1. The number of morpholine rings is 1. The van der Waals surface area contributed by atoms with Crippen LogP contribution in [-0.4, -0.2) is 51.8 Å². The molecule has 3 rings (SSSR count). The Bertz CT molecular complexity index is 683. The predicted molar refractivity (Wildman–Crippen MR) is 89.2 cm³/mol. The molecule has 1 aliphatic rings. The molecule has 0 unspecified atom stereocenters. The lowest BCUT2D eigenvalue weighted by Gasteiger charge is -2.31. The van der Waals surface area contributed by atoms with Crippen molar-refractivity contribution in [3.8, 4) is 0 Å². The van der Waals surface area contributed by atoms with Gasteiger partial charge in [-0.15, -0.1) is 10.2 Å². The number of hydrogen-bond donors (Lipinski definition) is 1. The van der Waals surface area contributed by atoms with Gasteiger partial charge in [0.1, 0.15) is 12.4 Å². The van der Waals surface area contributed by atoms with Gasteiger partial charge in [0, 0.05) is 26.7 Å². The summed E-state index contributed by atoms with van der Waals surface area (Å²) in [5, 5.41) is 11.0. The standard InChI is InChI=1S/C17H23N5O2/c1-13-3-5-14(6-4-13)9-18-16(23)11-22-7-8-24-15(10-22)17-20-19-12-21(17)2/h3-6,12,15H,7-11H2,1-2H3,(H,18,23)/t15-/m1/s1. The highest BCUT2D eigenvalue weighted by atomic mass is 16.5. The van der Waals surface area contributed by atoms with Crippen molar-refractivity contribution in [2.24, 2.45) is 7.05 Å². The number of rotatable bonds is 5. The van der Waals surface area contributed by atoms with Gasteiger partial charge in [-0.25, -0.2) is 0 Å². The van der Waals surface area contributed by atoms with Crippen LogP contribution in [0.5, 0.6) is 0 Å². The maximum atomic E-state index is 12.2. The van der Waals surface area contributed by atoms with Crippen LogP contribution < -0.4 is 5.32 Å². The van der Waals surface area contributed by atoms with E-state index in [1.807, 2.05) is 30.7 Å². The Morgan fingerprint density at radius 3 is 2.88 bits per heavy atom. The molecule has 24 heavy (non-hydrogen) atoms. The number of amides is 1. The molecule has 1 N–H and O–H groups in total. The van der Waals surface area contributed by atoms with Gasteiger partial charge in [0.25, 0.3) is 0 Å². The van der Waals surface area contributed by atoms with Crippen molar-refractivity contribution in [2.75, 3.05) is 26.2 Å². The second-order valence-corrected chi connectivity index (χ2v) is 6.16. The van der Waals surface area contributed by atoms with Gasteiger partial charge in [0.15, 0.2) is 5.82 Å². The minimum Gasteiger partial charge on any atom is -0.368 e. The fourth-order valence-electron chi connectivity index (χ4n) is 2.75. The van der Waals surface area contributed by atoms with Crippen molar-refractivity contribution in [3.05, 3.63) is 47.5 Å². The molecule has 1 fully saturated rings. The Balaban J connectivity index is 1.49. The number of nitrogens with one attached hydrogen (secondary N) is 1. The first-order valence-corrected chi connectivity index (χ1v) is 8.12. The monoisotopic (exact) mass is 329 g/mol. The number of hydrogen-bond acceptors (Lipinski definition) is 5. The summed E-state index contributed by atoms with van der Waals surface area (Å²) in [6, 6.07) is 8.17. The summed E-state index contributed by atoms with van der Waals surface area (Å²) in [6.07, 6.45) is 1.52. The molecule has 1 saturated heterocycles. The van der Waals surface area contributed by atoms with Crippen LogP contribution in [0.25, 0.3) is 0 Å². The minimum atomic E-state index is -0.142. The zero-order chi connectivity index (χ0) is 16.9. The third-order valence-electron chi connectivity index (χ3n) is 4.16. The molecule has 1 atom stereocenters. The quantitative estimate of drug-likeness (QED) is 0.879. The fraction of sp³-hybridized carbons (Fsp3) is 0.471. The first-order valence-electron chi connectivity index (χ1n) is 8.12. The van der Waals surface area contributed by atoms with Crippen molar-refractivity contribution in [3.63, 3.8) is 0 Å². The molecule has 128 valence electrons.